The van der Waals surface area contributed by atoms with Crippen LogP contribution in [0, 0.1) is 0 Å². The van der Waals surface area contributed by atoms with Crippen LogP contribution in [0.5, 0.6) is 0 Å². The fourth-order valence-electron chi connectivity index (χ4n) is 4.15. The number of halogens is 3. The Morgan fingerprint density at radius 2 is 1.33 bits per heavy atom. The molecule has 0 spiro atoms. The van der Waals surface area contributed by atoms with Crippen LogP contribution in [0.2, 0.25) is 0 Å². The van der Waals surface area contributed by atoms with Gasteiger partial charge in [-0.25, -0.2) is 4.68 Å². The summed E-state index contributed by atoms with van der Waals surface area (Å²) in [6.07, 6.45) is -6.57. The molecule has 9 heteroatoms. The fourth-order valence-corrected chi connectivity index (χ4v) is 4.15. The number of nitrogens with zero attached hydrogens (tertiary/aromatic N) is 2. The monoisotopic (exact) mass is 462 g/mol. The van der Waals surface area contributed by atoms with Gasteiger partial charge in [-0.2, -0.15) is 18.3 Å². The summed E-state index contributed by atoms with van der Waals surface area (Å²) in [7, 11) is 0. The van der Waals surface area contributed by atoms with Gasteiger partial charge in [0.05, 0.1) is 30.3 Å². The standard InChI is InChI=1S/C24H25F3N2O4/c25-24(26,27)23(33)11-9-22(32,10-12-23)21-13-20(18-5-1-16(14-30)2-6-18)29(28-21)19-7-3-17(15-31)4-8-19/h1-8,13,30-33H,9-12,14-15H2. The van der Waals surface area contributed by atoms with Gasteiger partial charge in [-0.1, -0.05) is 36.4 Å². The van der Waals surface area contributed by atoms with E-state index >= 15 is 0 Å². The van der Waals surface area contributed by atoms with Crippen LogP contribution in [-0.2, 0) is 18.8 Å². The van der Waals surface area contributed by atoms with Crippen molar-refractivity contribution >= 4 is 0 Å². The molecule has 4 rings (SSSR count). The van der Waals surface area contributed by atoms with Crippen molar-refractivity contribution in [3.8, 4) is 16.9 Å². The minimum Gasteiger partial charge on any atom is -0.392 e. The number of benzene rings is 2. The molecule has 176 valence electrons. The number of aliphatic hydroxyl groups is 4. The molecule has 0 aliphatic heterocycles. The second kappa shape index (κ2) is 8.57. The van der Waals surface area contributed by atoms with E-state index in [1.54, 1.807) is 59.3 Å². The maximum Gasteiger partial charge on any atom is 0.417 e. The second-order valence-corrected chi connectivity index (χ2v) is 8.57. The molecule has 1 heterocycles. The van der Waals surface area contributed by atoms with Crippen LogP contribution < -0.4 is 0 Å². The van der Waals surface area contributed by atoms with E-state index in [9.17, 15) is 33.6 Å². The third-order valence-electron chi connectivity index (χ3n) is 6.41. The predicted molar refractivity (Wildman–Crippen MR) is 114 cm³/mol. The molecule has 0 unspecified atom stereocenters. The third kappa shape index (κ3) is 4.41. The molecule has 4 N–H and O–H groups in total. The quantitative estimate of drug-likeness (QED) is 0.465. The van der Waals surface area contributed by atoms with Gasteiger partial charge < -0.3 is 20.4 Å². The smallest absolute Gasteiger partial charge is 0.392 e. The van der Waals surface area contributed by atoms with E-state index in [0.29, 0.717) is 16.9 Å². The van der Waals surface area contributed by atoms with Crippen LogP contribution in [0.25, 0.3) is 16.9 Å². The van der Waals surface area contributed by atoms with Gasteiger partial charge in [0.25, 0.3) is 0 Å². The molecular weight excluding hydrogens is 437 g/mol. The summed E-state index contributed by atoms with van der Waals surface area (Å²) < 4.78 is 41.3. The van der Waals surface area contributed by atoms with E-state index in [-0.39, 0.29) is 31.7 Å². The van der Waals surface area contributed by atoms with Crippen molar-refractivity contribution in [2.75, 3.05) is 0 Å². The number of aromatic nitrogens is 2. The highest BCUT2D eigenvalue weighted by Crippen LogP contribution is 2.48. The van der Waals surface area contributed by atoms with Crippen LogP contribution in [0.15, 0.2) is 54.6 Å². The van der Waals surface area contributed by atoms with E-state index in [4.69, 9.17) is 0 Å². The van der Waals surface area contributed by atoms with Crippen molar-refractivity contribution in [2.24, 2.45) is 0 Å². The molecule has 0 bridgehead atoms. The fraction of sp³-hybridized carbons (Fsp3) is 0.375. The minimum absolute atomic E-state index is 0.116. The first-order chi connectivity index (χ1) is 15.6. The normalized spacial score (nSPS) is 23.6. The lowest BCUT2D eigenvalue weighted by Crippen LogP contribution is -2.51. The average molecular weight is 462 g/mol. The first-order valence-corrected chi connectivity index (χ1v) is 10.6. The third-order valence-corrected chi connectivity index (χ3v) is 6.41. The van der Waals surface area contributed by atoms with Gasteiger partial charge in [0.2, 0.25) is 0 Å². The lowest BCUT2D eigenvalue weighted by molar-refractivity contribution is -0.279. The molecule has 3 aromatic rings. The first-order valence-electron chi connectivity index (χ1n) is 10.6. The van der Waals surface area contributed by atoms with Gasteiger partial charge in [0.15, 0.2) is 5.60 Å². The number of alkyl halides is 3. The maximum atomic E-state index is 13.2. The summed E-state index contributed by atoms with van der Waals surface area (Å²) in [5.41, 5.74) is -0.796. The number of hydrogen-bond acceptors (Lipinski definition) is 5. The van der Waals surface area contributed by atoms with Gasteiger partial charge >= 0.3 is 6.18 Å². The van der Waals surface area contributed by atoms with Crippen LogP contribution in [-0.4, -0.2) is 42.0 Å². The zero-order valence-electron chi connectivity index (χ0n) is 17.8. The summed E-state index contributed by atoms with van der Waals surface area (Å²) >= 11 is 0. The van der Waals surface area contributed by atoms with Crippen LogP contribution >= 0.6 is 0 Å². The maximum absolute atomic E-state index is 13.2. The summed E-state index contributed by atoms with van der Waals surface area (Å²) in [5, 5.41) is 44.4. The summed E-state index contributed by atoms with van der Waals surface area (Å²) in [4.78, 5) is 0. The number of hydrogen-bond donors (Lipinski definition) is 4. The highest BCUT2D eigenvalue weighted by atomic mass is 19.4. The van der Waals surface area contributed by atoms with Gasteiger partial charge in [0, 0.05) is 5.56 Å². The van der Waals surface area contributed by atoms with Crippen LogP contribution in [0.1, 0.15) is 42.5 Å². The highest BCUT2D eigenvalue weighted by Gasteiger charge is 2.57. The van der Waals surface area contributed by atoms with Gasteiger partial charge in [-0.05, 0) is 55.0 Å². The molecular formula is C24H25F3N2O4. The molecule has 0 atom stereocenters. The van der Waals surface area contributed by atoms with Gasteiger partial charge in [-0.3, -0.25) is 0 Å². The zero-order valence-corrected chi connectivity index (χ0v) is 17.8. The van der Waals surface area contributed by atoms with E-state index in [2.05, 4.69) is 5.10 Å². The Kier molecular flexibility index (Phi) is 6.09. The number of aliphatic hydroxyl groups excluding tert-OH is 2. The van der Waals surface area contributed by atoms with Crippen LogP contribution in [0.3, 0.4) is 0 Å². The van der Waals surface area contributed by atoms with Gasteiger partial charge in [-0.15, -0.1) is 0 Å². The molecule has 1 fully saturated rings. The molecule has 33 heavy (non-hydrogen) atoms. The molecule has 1 aliphatic rings. The van der Waals surface area contributed by atoms with Crippen molar-refractivity contribution in [1.82, 2.24) is 9.78 Å². The Morgan fingerprint density at radius 1 is 0.818 bits per heavy atom. The van der Waals surface area contributed by atoms with Gasteiger partial charge in [0.1, 0.15) is 5.60 Å². The SMILES string of the molecule is OCc1ccc(-c2cc(C3(O)CCC(O)(C(F)(F)F)CC3)nn2-c2ccc(CO)cc2)cc1. The number of rotatable bonds is 5. The predicted octanol–water partition coefficient (Wildman–Crippen LogP) is 3.58. The Labute approximate surface area is 188 Å². The Morgan fingerprint density at radius 3 is 1.82 bits per heavy atom. The largest absolute Gasteiger partial charge is 0.417 e. The first kappa shape index (κ1) is 23.4. The molecule has 1 aromatic heterocycles. The average Bonchev–Trinajstić information content (AvgIpc) is 3.27. The molecule has 2 aromatic carbocycles. The molecule has 0 amide bonds. The second-order valence-electron chi connectivity index (χ2n) is 8.57. The summed E-state index contributed by atoms with van der Waals surface area (Å²) in [6.45, 7) is -0.239. The minimum atomic E-state index is -4.76. The Bertz CT molecular complexity index is 1040. The van der Waals surface area contributed by atoms with E-state index in [0.717, 1.165) is 11.1 Å². The lowest BCUT2D eigenvalue weighted by atomic mass is 9.74. The topological polar surface area (TPSA) is 98.7 Å². The Balaban J connectivity index is 1.74. The summed E-state index contributed by atoms with van der Waals surface area (Å²) in [5.74, 6) is 0. The zero-order chi connectivity index (χ0) is 23.9. The lowest BCUT2D eigenvalue weighted by Gasteiger charge is -2.40. The van der Waals surface area contributed by atoms with Crippen molar-refractivity contribution in [1.29, 1.82) is 0 Å². The van der Waals surface area contributed by atoms with Crippen molar-refractivity contribution in [3.63, 3.8) is 0 Å². The molecule has 1 saturated carbocycles. The van der Waals surface area contributed by atoms with Crippen molar-refractivity contribution in [3.05, 3.63) is 71.4 Å². The van der Waals surface area contributed by atoms with Crippen molar-refractivity contribution in [2.45, 2.75) is 56.3 Å². The molecule has 6 nitrogen and oxygen atoms in total. The Hall–Kier alpha value is -2.72. The molecule has 0 radical (unpaired) electrons. The van der Waals surface area contributed by atoms with E-state index in [1.165, 1.54) is 0 Å². The molecule has 1 aliphatic carbocycles. The van der Waals surface area contributed by atoms with Crippen molar-refractivity contribution < 1.29 is 33.6 Å². The highest BCUT2D eigenvalue weighted by molar-refractivity contribution is 5.63. The summed E-state index contributed by atoms with van der Waals surface area (Å²) in [6, 6.07) is 15.7. The van der Waals surface area contributed by atoms with E-state index in [1.807, 2.05) is 0 Å². The molecule has 0 saturated heterocycles. The van der Waals surface area contributed by atoms with E-state index < -0.39 is 30.2 Å². The van der Waals surface area contributed by atoms with Crippen LogP contribution in [0.4, 0.5) is 13.2 Å².